The molecule has 2 rings (SSSR count). The number of rotatable bonds is 1. The average Bonchev–Trinajstić information content (AvgIpc) is 2.20. The molecule has 0 spiro atoms. The van der Waals surface area contributed by atoms with Gasteiger partial charge < -0.3 is 15.2 Å². The molecule has 1 fully saturated rings. The molecular formula is C10H13NO2. The summed E-state index contributed by atoms with van der Waals surface area (Å²) in [5.74, 6) is 0.338. The van der Waals surface area contributed by atoms with Gasteiger partial charge in [0.15, 0.2) is 0 Å². The third kappa shape index (κ3) is 1.82. The monoisotopic (exact) mass is 179 g/mol. The van der Waals surface area contributed by atoms with Crippen molar-refractivity contribution in [2.45, 2.75) is 6.04 Å². The maximum atomic E-state index is 9.57. The molecule has 0 amide bonds. The summed E-state index contributed by atoms with van der Waals surface area (Å²) >= 11 is 0. The Morgan fingerprint density at radius 2 is 2.23 bits per heavy atom. The van der Waals surface area contributed by atoms with E-state index in [-0.39, 0.29) is 6.04 Å². The molecule has 0 aliphatic carbocycles. The number of aromatic hydroxyl groups is 1. The van der Waals surface area contributed by atoms with Gasteiger partial charge in [-0.15, -0.1) is 0 Å². The quantitative estimate of drug-likeness (QED) is 0.677. The van der Waals surface area contributed by atoms with Gasteiger partial charge in [-0.05, 0) is 6.07 Å². The summed E-state index contributed by atoms with van der Waals surface area (Å²) in [6, 6.07) is 7.50. The second-order valence-corrected chi connectivity index (χ2v) is 3.14. The zero-order valence-electron chi connectivity index (χ0n) is 7.36. The first-order chi connectivity index (χ1) is 6.38. The lowest BCUT2D eigenvalue weighted by molar-refractivity contribution is 0.0761. The molecule has 13 heavy (non-hydrogen) atoms. The number of phenolic OH excluding ortho intramolecular Hbond substituents is 1. The maximum absolute atomic E-state index is 9.57. The normalized spacial score (nSPS) is 22.9. The average molecular weight is 179 g/mol. The maximum Gasteiger partial charge on any atom is 0.120 e. The second kappa shape index (κ2) is 3.77. The molecule has 1 saturated heterocycles. The van der Waals surface area contributed by atoms with Crippen molar-refractivity contribution < 1.29 is 9.84 Å². The van der Waals surface area contributed by atoms with Crippen molar-refractivity contribution in [1.82, 2.24) is 5.32 Å². The van der Waals surface area contributed by atoms with E-state index in [1.54, 1.807) is 6.07 Å². The summed E-state index contributed by atoms with van der Waals surface area (Å²) in [5.41, 5.74) is 0.919. The molecule has 0 saturated carbocycles. The molecule has 2 N–H and O–H groups in total. The predicted octanol–water partition coefficient (Wildman–Crippen LogP) is 1.05. The van der Waals surface area contributed by atoms with Crippen LogP contribution in [0.1, 0.15) is 11.6 Å². The van der Waals surface area contributed by atoms with E-state index in [1.165, 1.54) is 0 Å². The number of phenols is 1. The fourth-order valence-electron chi connectivity index (χ4n) is 1.55. The Morgan fingerprint density at radius 3 is 2.92 bits per heavy atom. The van der Waals surface area contributed by atoms with E-state index in [2.05, 4.69) is 5.32 Å². The van der Waals surface area contributed by atoms with Crippen LogP contribution in [0.2, 0.25) is 0 Å². The summed E-state index contributed by atoms with van der Waals surface area (Å²) < 4.78 is 5.32. The molecule has 1 aliphatic heterocycles. The van der Waals surface area contributed by atoms with Crippen LogP contribution in [-0.4, -0.2) is 24.9 Å². The van der Waals surface area contributed by atoms with Gasteiger partial charge in [0.05, 0.1) is 19.3 Å². The van der Waals surface area contributed by atoms with E-state index < -0.39 is 0 Å². The molecule has 3 heteroatoms. The SMILES string of the molecule is Oc1ccccc1[C@@H]1COCCN1. The largest absolute Gasteiger partial charge is 0.508 e. The van der Waals surface area contributed by atoms with Crippen LogP contribution in [0.15, 0.2) is 24.3 Å². The highest BCUT2D eigenvalue weighted by atomic mass is 16.5. The van der Waals surface area contributed by atoms with Gasteiger partial charge in [0.1, 0.15) is 5.75 Å². The van der Waals surface area contributed by atoms with Crippen LogP contribution in [0, 0.1) is 0 Å². The zero-order valence-corrected chi connectivity index (χ0v) is 7.36. The number of para-hydroxylation sites is 1. The first kappa shape index (κ1) is 8.53. The van der Waals surface area contributed by atoms with Crippen molar-refractivity contribution in [3.63, 3.8) is 0 Å². The van der Waals surface area contributed by atoms with Gasteiger partial charge in [-0.25, -0.2) is 0 Å². The molecule has 1 aliphatic rings. The molecule has 0 bridgehead atoms. The number of ether oxygens (including phenoxy) is 1. The van der Waals surface area contributed by atoms with Crippen molar-refractivity contribution in [3.8, 4) is 5.75 Å². The van der Waals surface area contributed by atoms with E-state index in [9.17, 15) is 5.11 Å². The van der Waals surface area contributed by atoms with E-state index >= 15 is 0 Å². The topological polar surface area (TPSA) is 41.5 Å². The van der Waals surface area contributed by atoms with Crippen LogP contribution in [0.25, 0.3) is 0 Å². The summed E-state index contributed by atoms with van der Waals surface area (Å²) in [4.78, 5) is 0. The molecule has 0 unspecified atom stereocenters. The van der Waals surface area contributed by atoms with Crippen molar-refractivity contribution >= 4 is 0 Å². The second-order valence-electron chi connectivity index (χ2n) is 3.14. The van der Waals surface area contributed by atoms with E-state index in [1.807, 2.05) is 18.2 Å². The summed E-state index contributed by atoms with van der Waals surface area (Å²) in [6.07, 6.45) is 0. The van der Waals surface area contributed by atoms with Crippen molar-refractivity contribution in [1.29, 1.82) is 0 Å². The summed E-state index contributed by atoms with van der Waals surface area (Å²) in [5, 5.41) is 12.9. The van der Waals surface area contributed by atoms with Crippen LogP contribution >= 0.6 is 0 Å². The molecule has 0 aromatic heterocycles. The van der Waals surface area contributed by atoms with E-state index in [0.29, 0.717) is 12.4 Å². The van der Waals surface area contributed by atoms with Crippen LogP contribution in [0.4, 0.5) is 0 Å². The first-order valence-corrected chi connectivity index (χ1v) is 4.47. The Labute approximate surface area is 77.3 Å². The molecule has 0 radical (unpaired) electrons. The van der Waals surface area contributed by atoms with Gasteiger partial charge in [0, 0.05) is 12.1 Å². The van der Waals surface area contributed by atoms with Crippen LogP contribution in [-0.2, 0) is 4.74 Å². The Morgan fingerprint density at radius 1 is 1.38 bits per heavy atom. The standard InChI is InChI=1S/C10H13NO2/c12-10-4-2-1-3-8(10)9-7-13-6-5-11-9/h1-4,9,11-12H,5-7H2/t9-/m0/s1. The van der Waals surface area contributed by atoms with Crippen LogP contribution in [0.5, 0.6) is 5.75 Å². The molecule has 70 valence electrons. The van der Waals surface area contributed by atoms with Gasteiger partial charge >= 0.3 is 0 Å². The number of benzene rings is 1. The van der Waals surface area contributed by atoms with Crippen LogP contribution in [0.3, 0.4) is 0 Å². The molecule has 1 aromatic carbocycles. The van der Waals surface area contributed by atoms with Crippen molar-refractivity contribution in [2.24, 2.45) is 0 Å². The summed E-state index contributed by atoms with van der Waals surface area (Å²) in [6.45, 7) is 2.24. The van der Waals surface area contributed by atoms with Gasteiger partial charge in [0.25, 0.3) is 0 Å². The lowest BCUT2D eigenvalue weighted by atomic mass is 10.1. The van der Waals surface area contributed by atoms with Gasteiger partial charge in [-0.2, -0.15) is 0 Å². The molecule has 3 nitrogen and oxygen atoms in total. The molecular weight excluding hydrogens is 166 g/mol. The number of hydrogen-bond donors (Lipinski definition) is 2. The highest BCUT2D eigenvalue weighted by Gasteiger charge is 2.17. The first-order valence-electron chi connectivity index (χ1n) is 4.47. The van der Waals surface area contributed by atoms with E-state index in [0.717, 1.165) is 18.7 Å². The fraction of sp³-hybridized carbons (Fsp3) is 0.400. The Bertz CT molecular complexity index is 282. The minimum atomic E-state index is 0.134. The Kier molecular flexibility index (Phi) is 2.47. The minimum absolute atomic E-state index is 0.134. The summed E-state index contributed by atoms with van der Waals surface area (Å²) in [7, 11) is 0. The van der Waals surface area contributed by atoms with Gasteiger partial charge in [-0.3, -0.25) is 0 Å². The van der Waals surface area contributed by atoms with Crippen molar-refractivity contribution in [2.75, 3.05) is 19.8 Å². The Hall–Kier alpha value is -1.06. The lowest BCUT2D eigenvalue weighted by Gasteiger charge is -2.24. The molecule has 1 atom stereocenters. The molecule has 1 aromatic rings. The number of nitrogens with one attached hydrogen (secondary N) is 1. The number of hydrogen-bond acceptors (Lipinski definition) is 3. The van der Waals surface area contributed by atoms with Crippen LogP contribution < -0.4 is 5.32 Å². The number of morpholine rings is 1. The van der Waals surface area contributed by atoms with Crippen molar-refractivity contribution in [3.05, 3.63) is 29.8 Å². The minimum Gasteiger partial charge on any atom is -0.508 e. The molecule has 1 heterocycles. The highest BCUT2D eigenvalue weighted by Crippen LogP contribution is 2.24. The van der Waals surface area contributed by atoms with Gasteiger partial charge in [0.2, 0.25) is 0 Å². The zero-order chi connectivity index (χ0) is 9.10. The van der Waals surface area contributed by atoms with Gasteiger partial charge in [-0.1, -0.05) is 18.2 Å². The predicted molar refractivity (Wildman–Crippen MR) is 49.7 cm³/mol. The Balaban J connectivity index is 2.18. The lowest BCUT2D eigenvalue weighted by Crippen LogP contribution is -2.34. The third-order valence-corrected chi connectivity index (χ3v) is 2.23. The van der Waals surface area contributed by atoms with E-state index in [4.69, 9.17) is 4.74 Å². The highest BCUT2D eigenvalue weighted by molar-refractivity contribution is 5.34. The smallest absolute Gasteiger partial charge is 0.120 e. The fourth-order valence-corrected chi connectivity index (χ4v) is 1.55. The third-order valence-electron chi connectivity index (χ3n) is 2.23.